The standard InChI is InChI=1S/C25H30N4O2/c1-31-22-9-7-19(8-10-22)23-17-29(27-26-23)24-13-20-15-28(16-21(20)14-25(24)30)12-11-18-5-3-2-4-6-18/h2-10,17,20-21,24-25,30H,11-16H2,1H3/t20-,21+,24-,25-/m1/s1. The third-order valence-electron chi connectivity index (χ3n) is 6.98. The van der Waals surface area contributed by atoms with Gasteiger partial charge in [0.15, 0.2) is 0 Å². The summed E-state index contributed by atoms with van der Waals surface area (Å²) in [4.78, 5) is 2.57. The molecule has 31 heavy (non-hydrogen) atoms. The van der Waals surface area contributed by atoms with E-state index >= 15 is 0 Å². The Balaban J connectivity index is 1.23. The first kappa shape index (κ1) is 20.2. The van der Waals surface area contributed by atoms with Crippen LogP contribution in [0.5, 0.6) is 5.75 Å². The van der Waals surface area contributed by atoms with Crippen LogP contribution in [0.2, 0.25) is 0 Å². The Hall–Kier alpha value is -2.70. The number of hydrogen-bond acceptors (Lipinski definition) is 5. The highest BCUT2D eigenvalue weighted by Crippen LogP contribution is 2.41. The number of hydrogen-bond donors (Lipinski definition) is 1. The molecule has 2 aromatic carbocycles. The molecule has 3 aromatic rings. The summed E-state index contributed by atoms with van der Waals surface area (Å²) in [6.07, 6.45) is 4.48. The molecular weight excluding hydrogens is 388 g/mol. The number of methoxy groups -OCH3 is 1. The van der Waals surface area contributed by atoms with Gasteiger partial charge in [0.2, 0.25) is 0 Å². The van der Waals surface area contributed by atoms with Gasteiger partial charge in [-0.15, -0.1) is 5.10 Å². The first-order chi connectivity index (χ1) is 15.2. The average Bonchev–Trinajstić information content (AvgIpc) is 3.45. The number of ether oxygens (including phenoxy) is 1. The van der Waals surface area contributed by atoms with Crippen LogP contribution in [0.4, 0.5) is 0 Å². The maximum absolute atomic E-state index is 10.9. The fourth-order valence-corrected chi connectivity index (χ4v) is 5.24. The number of fused-ring (bicyclic) bond motifs is 1. The predicted octanol–water partition coefficient (Wildman–Crippen LogP) is 3.44. The summed E-state index contributed by atoms with van der Waals surface area (Å²) in [6, 6.07) is 18.5. The lowest BCUT2D eigenvalue weighted by Gasteiger charge is -2.35. The zero-order chi connectivity index (χ0) is 21.2. The van der Waals surface area contributed by atoms with Gasteiger partial charge in [0.1, 0.15) is 11.4 Å². The van der Waals surface area contributed by atoms with Gasteiger partial charge in [-0.3, -0.25) is 0 Å². The Kier molecular flexibility index (Phi) is 5.74. The van der Waals surface area contributed by atoms with Crippen LogP contribution in [-0.4, -0.2) is 57.8 Å². The van der Waals surface area contributed by atoms with Crippen LogP contribution in [0.25, 0.3) is 11.3 Å². The highest BCUT2D eigenvalue weighted by Gasteiger charge is 2.42. The van der Waals surface area contributed by atoms with E-state index in [0.717, 1.165) is 55.9 Å². The average molecular weight is 419 g/mol. The van der Waals surface area contributed by atoms with E-state index in [9.17, 15) is 5.11 Å². The number of aromatic nitrogens is 3. The molecule has 2 heterocycles. The van der Waals surface area contributed by atoms with E-state index in [0.29, 0.717) is 11.8 Å². The molecule has 0 bridgehead atoms. The SMILES string of the molecule is COc1ccc(-c2cn([C@@H]3C[C@@H]4CN(CCc5ccccc5)C[C@@H]4C[C@H]3O)nn2)cc1. The molecule has 1 aromatic heterocycles. The van der Waals surface area contributed by atoms with E-state index in [1.54, 1.807) is 7.11 Å². The summed E-state index contributed by atoms with van der Waals surface area (Å²) in [5.41, 5.74) is 3.22. The largest absolute Gasteiger partial charge is 0.497 e. The lowest BCUT2D eigenvalue weighted by molar-refractivity contribution is 0.0298. The number of likely N-dealkylation sites (tertiary alicyclic amines) is 1. The molecule has 5 rings (SSSR count). The van der Waals surface area contributed by atoms with Crippen molar-refractivity contribution in [2.75, 3.05) is 26.7 Å². The molecule has 6 heteroatoms. The summed E-state index contributed by atoms with van der Waals surface area (Å²) in [6.45, 7) is 3.29. The molecule has 1 saturated carbocycles. The molecule has 6 nitrogen and oxygen atoms in total. The molecular formula is C25H30N4O2. The molecule has 0 spiro atoms. The number of rotatable bonds is 6. The highest BCUT2D eigenvalue weighted by atomic mass is 16.5. The van der Waals surface area contributed by atoms with E-state index in [2.05, 4.69) is 45.5 Å². The Labute approximate surface area is 183 Å². The lowest BCUT2D eigenvalue weighted by Crippen LogP contribution is -2.36. The van der Waals surface area contributed by atoms with E-state index in [1.165, 1.54) is 5.56 Å². The number of nitrogens with zero attached hydrogens (tertiary/aromatic N) is 4. The van der Waals surface area contributed by atoms with Crippen molar-refractivity contribution >= 4 is 0 Å². The van der Waals surface area contributed by atoms with E-state index < -0.39 is 0 Å². The number of benzene rings is 2. The van der Waals surface area contributed by atoms with Crippen LogP contribution < -0.4 is 4.74 Å². The third-order valence-corrected chi connectivity index (χ3v) is 6.98. The number of aliphatic hydroxyl groups is 1. The zero-order valence-electron chi connectivity index (χ0n) is 18.0. The normalized spacial score (nSPS) is 26.0. The molecule has 2 fully saturated rings. The van der Waals surface area contributed by atoms with Crippen molar-refractivity contribution in [2.24, 2.45) is 11.8 Å². The monoisotopic (exact) mass is 418 g/mol. The second-order valence-electron chi connectivity index (χ2n) is 8.93. The van der Waals surface area contributed by atoms with Gasteiger partial charge in [0.25, 0.3) is 0 Å². The molecule has 1 saturated heterocycles. The van der Waals surface area contributed by atoms with Crippen molar-refractivity contribution in [3.05, 3.63) is 66.4 Å². The van der Waals surface area contributed by atoms with Crippen molar-refractivity contribution in [1.82, 2.24) is 19.9 Å². The minimum Gasteiger partial charge on any atom is -0.497 e. The van der Waals surface area contributed by atoms with Gasteiger partial charge in [-0.2, -0.15) is 0 Å². The first-order valence-electron chi connectivity index (χ1n) is 11.2. The van der Waals surface area contributed by atoms with Crippen LogP contribution in [0.15, 0.2) is 60.8 Å². The smallest absolute Gasteiger partial charge is 0.118 e. The highest BCUT2D eigenvalue weighted by molar-refractivity contribution is 5.58. The van der Waals surface area contributed by atoms with Gasteiger partial charge >= 0.3 is 0 Å². The van der Waals surface area contributed by atoms with Crippen molar-refractivity contribution in [2.45, 2.75) is 31.4 Å². The Morgan fingerprint density at radius 3 is 2.48 bits per heavy atom. The van der Waals surface area contributed by atoms with Gasteiger partial charge in [-0.25, -0.2) is 4.68 Å². The summed E-state index contributed by atoms with van der Waals surface area (Å²) in [7, 11) is 1.66. The molecule has 1 aliphatic carbocycles. The molecule has 162 valence electrons. The van der Waals surface area contributed by atoms with Crippen LogP contribution >= 0.6 is 0 Å². The molecule has 0 amide bonds. The number of aliphatic hydroxyl groups excluding tert-OH is 1. The summed E-state index contributed by atoms with van der Waals surface area (Å²) in [5, 5.41) is 19.6. The Bertz CT molecular complexity index is 988. The van der Waals surface area contributed by atoms with E-state index in [4.69, 9.17) is 4.74 Å². The topological polar surface area (TPSA) is 63.4 Å². The van der Waals surface area contributed by atoms with Crippen LogP contribution in [0, 0.1) is 11.8 Å². The fourth-order valence-electron chi connectivity index (χ4n) is 5.24. The van der Waals surface area contributed by atoms with Gasteiger partial charge in [0.05, 0.1) is 25.5 Å². The lowest BCUT2D eigenvalue weighted by atomic mass is 9.77. The van der Waals surface area contributed by atoms with Crippen LogP contribution in [0.1, 0.15) is 24.4 Å². The van der Waals surface area contributed by atoms with Crippen molar-refractivity contribution in [1.29, 1.82) is 0 Å². The second kappa shape index (κ2) is 8.81. The molecule has 0 unspecified atom stereocenters. The second-order valence-corrected chi connectivity index (χ2v) is 8.93. The summed E-state index contributed by atoms with van der Waals surface area (Å²) in [5.74, 6) is 2.01. The van der Waals surface area contributed by atoms with Crippen molar-refractivity contribution < 1.29 is 9.84 Å². The van der Waals surface area contributed by atoms with Crippen molar-refractivity contribution in [3.63, 3.8) is 0 Å². The van der Waals surface area contributed by atoms with Gasteiger partial charge < -0.3 is 14.7 Å². The summed E-state index contributed by atoms with van der Waals surface area (Å²) >= 11 is 0. The molecule has 4 atom stereocenters. The molecule has 0 radical (unpaired) electrons. The maximum atomic E-state index is 10.9. The Morgan fingerprint density at radius 2 is 1.74 bits per heavy atom. The quantitative estimate of drug-likeness (QED) is 0.664. The Morgan fingerprint density at radius 1 is 1.00 bits per heavy atom. The van der Waals surface area contributed by atoms with Crippen LogP contribution in [-0.2, 0) is 6.42 Å². The minimum absolute atomic E-state index is 0.00479. The zero-order valence-corrected chi connectivity index (χ0v) is 18.0. The van der Waals surface area contributed by atoms with Gasteiger partial charge in [0, 0.05) is 25.2 Å². The summed E-state index contributed by atoms with van der Waals surface area (Å²) < 4.78 is 7.11. The molecule has 1 aliphatic heterocycles. The van der Waals surface area contributed by atoms with E-state index in [-0.39, 0.29) is 12.1 Å². The minimum atomic E-state index is -0.374. The van der Waals surface area contributed by atoms with E-state index in [1.807, 2.05) is 35.1 Å². The van der Waals surface area contributed by atoms with Gasteiger partial charge in [-0.1, -0.05) is 35.5 Å². The van der Waals surface area contributed by atoms with Crippen molar-refractivity contribution in [3.8, 4) is 17.0 Å². The molecule has 2 aliphatic rings. The third kappa shape index (κ3) is 4.36. The maximum Gasteiger partial charge on any atom is 0.118 e. The predicted molar refractivity (Wildman–Crippen MR) is 120 cm³/mol. The molecule has 1 N–H and O–H groups in total. The first-order valence-corrected chi connectivity index (χ1v) is 11.2. The van der Waals surface area contributed by atoms with Gasteiger partial charge in [-0.05, 0) is 60.9 Å². The fraction of sp³-hybridized carbons (Fsp3) is 0.440. The van der Waals surface area contributed by atoms with Crippen LogP contribution in [0.3, 0.4) is 0 Å².